The van der Waals surface area contributed by atoms with Crippen molar-refractivity contribution in [3.63, 3.8) is 0 Å². The third-order valence-electron chi connectivity index (χ3n) is 3.25. The molecule has 0 radical (unpaired) electrons. The average molecular weight is 378 g/mol. The monoisotopic (exact) mass is 378 g/mol. The van der Waals surface area contributed by atoms with Crippen LogP contribution in [0.15, 0.2) is 34.2 Å². The molecule has 0 saturated carbocycles. The van der Waals surface area contributed by atoms with E-state index in [1.807, 2.05) is 6.92 Å². The van der Waals surface area contributed by atoms with Crippen molar-refractivity contribution >= 4 is 29.3 Å². The van der Waals surface area contributed by atoms with Crippen LogP contribution in [0, 0.1) is 0 Å². The van der Waals surface area contributed by atoms with E-state index < -0.39 is 5.97 Å². The van der Waals surface area contributed by atoms with Crippen LogP contribution in [-0.4, -0.2) is 38.5 Å². The minimum Gasteiger partial charge on any atom is -0.459 e. The van der Waals surface area contributed by atoms with Crippen molar-refractivity contribution in [1.29, 1.82) is 0 Å². The summed E-state index contributed by atoms with van der Waals surface area (Å²) in [5, 5.41) is 9.54. The number of nitrogens with zero attached hydrogens (tertiary/aromatic N) is 2. The molecule has 1 heterocycles. The predicted octanol–water partition coefficient (Wildman–Crippen LogP) is 2.28. The lowest BCUT2D eigenvalue weighted by atomic mass is 10.2. The number of hydrogen-bond donors (Lipinski definition) is 2. The number of carbonyl (C=O) groups excluding carboxylic acids is 2. The first-order valence-corrected chi connectivity index (χ1v) is 9.28. The number of thioether (sulfide) groups is 1. The van der Waals surface area contributed by atoms with Gasteiger partial charge in [-0.3, -0.25) is 9.36 Å². The summed E-state index contributed by atoms with van der Waals surface area (Å²) in [4.78, 5) is 35.5. The first kappa shape index (κ1) is 19.8. The minimum atomic E-state index is -0.402. The summed E-state index contributed by atoms with van der Waals surface area (Å²) < 4.78 is 6.62. The predicted molar refractivity (Wildman–Crippen MR) is 99.5 cm³/mol. The molecule has 0 unspecified atom stereocenters. The molecule has 0 aliphatic rings. The van der Waals surface area contributed by atoms with Crippen LogP contribution < -0.4 is 11.0 Å². The fraction of sp³-hybridized carbons (Fsp3) is 0.412. The molecule has 8 nitrogen and oxygen atoms in total. The number of esters is 1. The van der Waals surface area contributed by atoms with Gasteiger partial charge in [-0.15, -0.1) is 5.10 Å². The second kappa shape index (κ2) is 9.23. The average Bonchev–Trinajstić information content (AvgIpc) is 2.94. The summed E-state index contributed by atoms with van der Waals surface area (Å²) in [7, 11) is 0. The highest BCUT2D eigenvalue weighted by Crippen LogP contribution is 2.15. The van der Waals surface area contributed by atoms with Gasteiger partial charge in [0.2, 0.25) is 5.91 Å². The number of carbonyl (C=O) groups is 2. The van der Waals surface area contributed by atoms with Gasteiger partial charge in [0, 0.05) is 12.2 Å². The van der Waals surface area contributed by atoms with Crippen molar-refractivity contribution < 1.29 is 14.3 Å². The quantitative estimate of drug-likeness (QED) is 0.539. The van der Waals surface area contributed by atoms with E-state index in [2.05, 4.69) is 15.5 Å². The van der Waals surface area contributed by atoms with E-state index in [4.69, 9.17) is 4.74 Å². The zero-order valence-electron chi connectivity index (χ0n) is 14.9. The molecule has 9 heteroatoms. The Morgan fingerprint density at radius 1 is 1.31 bits per heavy atom. The van der Waals surface area contributed by atoms with Crippen molar-refractivity contribution in [3.8, 4) is 0 Å². The Morgan fingerprint density at radius 3 is 2.62 bits per heavy atom. The van der Waals surface area contributed by atoms with Gasteiger partial charge in [0.1, 0.15) is 0 Å². The van der Waals surface area contributed by atoms with Crippen molar-refractivity contribution in [2.24, 2.45) is 0 Å². The molecule has 1 amide bonds. The molecule has 0 fully saturated rings. The molecule has 2 N–H and O–H groups in total. The van der Waals surface area contributed by atoms with Crippen molar-refractivity contribution in [2.45, 2.75) is 45.0 Å². The molecule has 26 heavy (non-hydrogen) atoms. The molecule has 0 saturated heterocycles. The van der Waals surface area contributed by atoms with E-state index in [0.29, 0.717) is 23.0 Å². The highest BCUT2D eigenvalue weighted by atomic mass is 32.2. The summed E-state index contributed by atoms with van der Waals surface area (Å²) in [5.41, 5.74) is 0.717. The number of anilines is 1. The Morgan fingerprint density at radius 2 is 2.00 bits per heavy atom. The molecular weight excluding hydrogens is 356 g/mol. The molecule has 0 aliphatic heterocycles. The molecule has 0 aliphatic carbocycles. The molecule has 1 aromatic carbocycles. The van der Waals surface area contributed by atoms with Gasteiger partial charge in [-0.2, -0.15) is 0 Å². The summed E-state index contributed by atoms with van der Waals surface area (Å²) in [6, 6.07) is 6.47. The maximum atomic E-state index is 12.1. The SMILES string of the molecule is CCCn1c(SCC(=O)Nc2ccc(C(=O)OC(C)C)cc2)n[nH]c1=O. The topological polar surface area (TPSA) is 106 Å². The lowest BCUT2D eigenvalue weighted by Gasteiger charge is -2.09. The van der Waals surface area contributed by atoms with Crippen LogP contribution in [0.25, 0.3) is 0 Å². The van der Waals surface area contributed by atoms with Crippen molar-refractivity contribution in [1.82, 2.24) is 14.8 Å². The van der Waals surface area contributed by atoms with Gasteiger partial charge in [0.25, 0.3) is 0 Å². The third kappa shape index (κ3) is 5.48. The molecular formula is C17H22N4O4S. The Bertz CT molecular complexity index is 811. The van der Waals surface area contributed by atoms with Crippen LogP contribution in [-0.2, 0) is 16.1 Å². The number of rotatable bonds is 8. The summed E-state index contributed by atoms with van der Waals surface area (Å²) in [5.74, 6) is -0.516. The van der Waals surface area contributed by atoms with Crippen LogP contribution >= 0.6 is 11.8 Å². The number of nitrogens with one attached hydrogen (secondary N) is 2. The summed E-state index contributed by atoms with van der Waals surface area (Å²) in [6.07, 6.45) is 0.608. The minimum absolute atomic E-state index is 0.116. The van der Waals surface area contributed by atoms with E-state index in [-0.39, 0.29) is 23.5 Å². The Hall–Kier alpha value is -2.55. The van der Waals surface area contributed by atoms with Gasteiger partial charge < -0.3 is 10.1 Å². The molecule has 2 rings (SSSR count). The lowest BCUT2D eigenvalue weighted by Crippen LogP contribution is -2.18. The smallest absolute Gasteiger partial charge is 0.343 e. The van der Waals surface area contributed by atoms with E-state index >= 15 is 0 Å². The highest BCUT2D eigenvalue weighted by Gasteiger charge is 2.12. The molecule has 1 aromatic heterocycles. The van der Waals surface area contributed by atoms with Gasteiger partial charge >= 0.3 is 11.7 Å². The fourth-order valence-corrected chi connectivity index (χ4v) is 2.91. The van der Waals surface area contributed by atoms with Crippen molar-refractivity contribution in [2.75, 3.05) is 11.1 Å². The first-order chi connectivity index (χ1) is 12.4. The fourth-order valence-electron chi connectivity index (χ4n) is 2.13. The van der Waals surface area contributed by atoms with Crippen LogP contribution in [0.1, 0.15) is 37.6 Å². The van der Waals surface area contributed by atoms with Crippen molar-refractivity contribution in [3.05, 3.63) is 40.3 Å². The molecule has 140 valence electrons. The van der Waals surface area contributed by atoms with Gasteiger partial charge in [-0.1, -0.05) is 18.7 Å². The highest BCUT2D eigenvalue weighted by molar-refractivity contribution is 7.99. The zero-order chi connectivity index (χ0) is 19.1. The van der Waals surface area contributed by atoms with Gasteiger partial charge in [-0.25, -0.2) is 14.7 Å². The summed E-state index contributed by atoms with van der Waals surface area (Å²) >= 11 is 1.18. The van der Waals surface area contributed by atoms with Gasteiger partial charge in [0.15, 0.2) is 5.16 Å². The Balaban J connectivity index is 1.90. The third-order valence-corrected chi connectivity index (χ3v) is 4.23. The Kier molecular flexibility index (Phi) is 7.02. The number of aromatic nitrogens is 3. The first-order valence-electron chi connectivity index (χ1n) is 8.29. The second-order valence-electron chi connectivity index (χ2n) is 5.83. The van der Waals surface area contributed by atoms with Gasteiger partial charge in [0.05, 0.1) is 17.4 Å². The standard InChI is InChI=1S/C17H22N4O4S/c1-4-9-21-16(24)19-20-17(21)26-10-14(22)18-13-7-5-12(6-8-13)15(23)25-11(2)3/h5-8,11H,4,9-10H2,1-3H3,(H,18,22)(H,19,24). The zero-order valence-corrected chi connectivity index (χ0v) is 15.8. The second-order valence-corrected chi connectivity index (χ2v) is 6.77. The van der Waals surface area contributed by atoms with Crippen LogP contribution in [0.5, 0.6) is 0 Å². The van der Waals surface area contributed by atoms with Gasteiger partial charge in [-0.05, 0) is 44.5 Å². The number of benzene rings is 1. The maximum Gasteiger partial charge on any atom is 0.343 e. The summed E-state index contributed by atoms with van der Waals surface area (Å²) in [6.45, 7) is 6.07. The normalized spacial score (nSPS) is 10.8. The maximum absolute atomic E-state index is 12.1. The lowest BCUT2D eigenvalue weighted by molar-refractivity contribution is -0.113. The Labute approximate surface area is 155 Å². The molecule has 2 aromatic rings. The van der Waals surface area contributed by atoms with E-state index in [0.717, 1.165) is 6.42 Å². The van der Waals surface area contributed by atoms with Crippen LogP contribution in [0.4, 0.5) is 5.69 Å². The number of hydrogen-bond acceptors (Lipinski definition) is 6. The number of aromatic amines is 1. The number of amides is 1. The number of ether oxygens (including phenoxy) is 1. The number of H-pyrrole nitrogens is 1. The molecule has 0 atom stereocenters. The van der Waals surface area contributed by atoms with Crippen LogP contribution in [0.3, 0.4) is 0 Å². The molecule has 0 spiro atoms. The van der Waals surface area contributed by atoms with E-state index in [1.165, 1.54) is 16.3 Å². The largest absolute Gasteiger partial charge is 0.459 e. The van der Waals surface area contributed by atoms with Crippen LogP contribution in [0.2, 0.25) is 0 Å². The molecule has 0 bridgehead atoms. The van der Waals surface area contributed by atoms with E-state index in [1.54, 1.807) is 38.1 Å². The van der Waals surface area contributed by atoms with E-state index in [9.17, 15) is 14.4 Å².